The first-order valence-electron chi connectivity index (χ1n) is 6.10. The van der Waals surface area contributed by atoms with Crippen LogP contribution in [0.4, 0.5) is 5.82 Å². The van der Waals surface area contributed by atoms with E-state index >= 15 is 0 Å². The van der Waals surface area contributed by atoms with E-state index in [-0.39, 0.29) is 5.56 Å². The number of anilines is 1. The molecule has 0 radical (unpaired) electrons. The van der Waals surface area contributed by atoms with Crippen molar-refractivity contribution in [3.8, 4) is 0 Å². The van der Waals surface area contributed by atoms with Crippen LogP contribution in [0.3, 0.4) is 0 Å². The molecule has 0 spiro atoms. The predicted octanol–water partition coefficient (Wildman–Crippen LogP) is 0.684. The zero-order valence-electron chi connectivity index (χ0n) is 10.9. The lowest BCUT2D eigenvalue weighted by Gasteiger charge is -2.24. The lowest BCUT2D eigenvalue weighted by Crippen LogP contribution is -2.38. The third-order valence-corrected chi connectivity index (χ3v) is 2.52. The molecule has 0 atom stereocenters. The Morgan fingerprint density at radius 3 is 2.76 bits per heavy atom. The predicted molar refractivity (Wildman–Crippen MR) is 70.3 cm³/mol. The number of aromatic nitrogens is 2. The second-order valence-electron chi connectivity index (χ2n) is 4.47. The maximum absolute atomic E-state index is 12.1. The van der Waals surface area contributed by atoms with Crippen LogP contribution in [0.2, 0.25) is 0 Å². The quantitative estimate of drug-likeness (QED) is 0.791. The van der Waals surface area contributed by atoms with Crippen molar-refractivity contribution < 1.29 is 0 Å². The van der Waals surface area contributed by atoms with Crippen molar-refractivity contribution in [1.29, 1.82) is 0 Å². The number of aryl methyl sites for hydroxylation is 1. The highest BCUT2D eigenvalue weighted by molar-refractivity contribution is 5.35. The first kappa shape index (κ1) is 13.7. The van der Waals surface area contributed by atoms with E-state index in [1.807, 2.05) is 11.8 Å². The number of nitrogens with two attached hydrogens (primary N) is 1. The molecule has 0 bridgehead atoms. The minimum atomic E-state index is -0.0379. The lowest BCUT2D eigenvalue weighted by molar-refractivity contribution is 0.599. The zero-order chi connectivity index (χ0) is 12.8. The third-order valence-electron chi connectivity index (χ3n) is 2.52. The van der Waals surface area contributed by atoms with Crippen LogP contribution >= 0.6 is 0 Å². The van der Waals surface area contributed by atoms with Crippen LogP contribution in [0.25, 0.3) is 0 Å². The smallest absolute Gasteiger partial charge is 0.293 e. The number of nitrogens with zero attached hydrogens (tertiary/aromatic N) is 3. The van der Waals surface area contributed by atoms with Crippen LogP contribution in [0.1, 0.15) is 20.8 Å². The molecule has 0 unspecified atom stereocenters. The van der Waals surface area contributed by atoms with Crippen LogP contribution in [0.15, 0.2) is 17.2 Å². The van der Waals surface area contributed by atoms with E-state index in [1.54, 1.807) is 17.0 Å². The standard InChI is InChI=1S/C12H22N4O/c1-4-15-8-6-14-11(12(15)17)16(7-5-13)9-10(2)3/h6,8,10H,4-5,7,9,13H2,1-3H3. The van der Waals surface area contributed by atoms with E-state index in [1.165, 1.54) is 0 Å². The fourth-order valence-corrected chi connectivity index (χ4v) is 1.78. The van der Waals surface area contributed by atoms with Crippen LogP contribution in [-0.4, -0.2) is 29.2 Å². The van der Waals surface area contributed by atoms with Gasteiger partial charge in [-0.3, -0.25) is 4.79 Å². The van der Waals surface area contributed by atoms with Gasteiger partial charge in [-0.05, 0) is 12.8 Å². The van der Waals surface area contributed by atoms with Crippen LogP contribution in [0.5, 0.6) is 0 Å². The summed E-state index contributed by atoms with van der Waals surface area (Å²) < 4.78 is 1.66. The molecule has 0 saturated carbocycles. The van der Waals surface area contributed by atoms with Crippen molar-refractivity contribution in [2.75, 3.05) is 24.5 Å². The van der Waals surface area contributed by atoms with Gasteiger partial charge in [0.05, 0.1) is 0 Å². The first-order valence-corrected chi connectivity index (χ1v) is 6.10. The largest absolute Gasteiger partial charge is 0.351 e. The van der Waals surface area contributed by atoms with Crippen molar-refractivity contribution in [2.24, 2.45) is 11.7 Å². The molecule has 0 aliphatic heterocycles. The Morgan fingerprint density at radius 2 is 2.24 bits per heavy atom. The SMILES string of the molecule is CCn1ccnc(N(CCN)CC(C)C)c1=O. The summed E-state index contributed by atoms with van der Waals surface area (Å²) in [5.41, 5.74) is 5.55. The minimum Gasteiger partial charge on any atom is -0.351 e. The van der Waals surface area contributed by atoms with Crippen LogP contribution < -0.4 is 16.2 Å². The van der Waals surface area contributed by atoms with Gasteiger partial charge in [0.15, 0.2) is 5.82 Å². The topological polar surface area (TPSA) is 64.2 Å². The number of hydrogen-bond acceptors (Lipinski definition) is 4. The van der Waals surface area contributed by atoms with Gasteiger partial charge >= 0.3 is 0 Å². The molecule has 0 aliphatic carbocycles. The highest BCUT2D eigenvalue weighted by Gasteiger charge is 2.13. The first-order chi connectivity index (χ1) is 8.10. The summed E-state index contributed by atoms with van der Waals surface area (Å²) in [6.45, 7) is 8.82. The summed E-state index contributed by atoms with van der Waals surface area (Å²) in [5, 5.41) is 0. The molecular weight excluding hydrogens is 216 g/mol. The molecule has 96 valence electrons. The normalized spacial score (nSPS) is 10.9. The Labute approximate surface area is 102 Å². The highest BCUT2D eigenvalue weighted by Crippen LogP contribution is 2.06. The maximum Gasteiger partial charge on any atom is 0.293 e. The molecule has 0 saturated heterocycles. The molecule has 1 aromatic rings. The molecule has 1 aromatic heterocycles. The summed E-state index contributed by atoms with van der Waals surface area (Å²) in [6, 6.07) is 0. The van der Waals surface area contributed by atoms with Gasteiger partial charge in [-0.15, -0.1) is 0 Å². The molecule has 1 heterocycles. The molecule has 2 N–H and O–H groups in total. The Hall–Kier alpha value is -1.36. The summed E-state index contributed by atoms with van der Waals surface area (Å²) in [4.78, 5) is 18.3. The minimum absolute atomic E-state index is 0.0379. The Balaban J connectivity index is 3.05. The second-order valence-corrected chi connectivity index (χ2v) is 4.47. The molecule has 5 nitrogen and oxygen atoms in total. The third kappa shape index (κ3) is 3.56. The molecule has 0 aromatic carbocycles. The van der Waals surface area contributed by atoms with Gasteiger partial charge in [-0.1, -0.05) is 13.8 Å². The maximum atomic E-state index is 12.1. The van der Waals surface area contributed by atoms with Crippen molar-refractivity contribution in [3.63, 3.8) is 0 Å². The molecule has 0 amide bonds. The van der Waals surface area contributed by atoms with Gasteiger partial charge in [0, 0.05) is 38.6 Å². The van der Waals surface area contributed by atoms with Gasteiger partial charge in [-0.2, -0.15) is 0 Å². The molecule has 17 heavy (non-hydrogen) atoms. The fourth-order valence-electron chi connectivity index (χ4n) is 1.78. The van der Waals surface area contributed by atoms with Crippen molar-refractivity contribution in [1.82, 2.24) is 9.55 Å². The molecular formula is C12H22N4O. The summed E-state index contributed by atoms with van der Waals surface area (Å²) in [6.07, 6.45) is 3.38. The highest BCUT2D eigenvalue weighted by atomic mass is 16.1. The van der Waals surface area contributed by atoms with Crippen molar-refractivity contribution in [2.45, 2.75) is 27.3 Å². The molecule has 0 aliphatic rings. The van der Waals surface area contributed by atoms with Crippen LogP contribution in [0, 0.1) is 5.92 Å². The second kappa shape index (κ2) is 6.39. The molecule has 5 heteroatoms. The Bertz CT molecular complexity index is 400. The van der Waals surface area contributed by atoms with E-state index in [0.717, 1.165) is 6.54 Å². The Kier molecular flexibility index (Phi) is 5.15. The summed E-state index contributed by atoms with van der Waals surface area (Å²) in [7, 11) is 0. The zero-order valence-corrected chi connectivity index (χ0v) is 10.9. The van der Waals surface area contributed by atoms with E-state index in [9.17, 15) is 4.79 Å². The average Bonchev–Trinajstić information content (AvgIpc) is 2.28. The van der Waals surface area contributed by atoms with Gasteiger partial charge in [0.25, 0.3) is 5.56 Å². The van der Waals surface area contributed by atoms with E-state index < -0.39 is 0 Å². The van der Waals surface area contributed by atoms with E-state index in [0.29, 0.717) is 31.4 Å². The van der Waals surface area contributed by atoms with Crippen LogP contribution in [-0.2, 0) is 6.54 Å². The van der Waals surface area contributed by atoms with Gasteiger partial charge in [0.2, 0.25) is 0 Å². The lowest BCUT2D eigenvalue weighted by atomic mass is 10.2. The van der Waals surface area contributed by atoms with E-state index in [2.05, 4.69) is 18.8 Å². The number of hydrogen-bond donors (Lipinski definition) is 1. The van der Waals surface area contributed by atoms with Gasteiger partial charge in [-0.25, -0.2) is 4.98 Å². The molecule has 1 rings (SSSR count). The monoisotopic (exact) mass is 238 g/mol. The van der Waals surface area contributed by atoms with Gasteiger partial charge in [0.1, 0.15) is 0 Å². The summed E-state index contributed by atoms with van der Waals surface area (Å²) >= 11 is 0. The van der Waals surface area contributed by atoms with Gasteiger partial charge < -0.3 is 15.2 Å². The van der Waals surface area contributed by atoms with E-state index in [4.69, 9.17) is 5.73 Å². The van der Waals surface area contributed by atoms with Crippen molar-refractivity contribution in [3.05, 3.63) is 22.7 Å². The molecule has 0 fully saturated rings. The summed E-state index contributed by atoms with van der Waals surface area (Å²) in [5.74, 6) is 0.978. The fraction of sp³-hybridized carbons (Fsp3) is 0.667. The Morgan fingerprint density at radius 1 is 1.53 bits per heavy atom. The van der Waals surface area contributed by atoms with Crippen molar-refractivity contribution >= 4 is 5.82 Å². The average molecular weight is 238 g/mol. The number of rotatable bonds is 6.